The summed E-state index contributed by atoms with van der Waals surface area (Å²) in [6.07, 6.45) is 2.15. The summed E-state index contributed by atoms with van der Waals surface area (Å²) in [4.78, 5) is 24.3. The SMILES string of the molecule is CC(C)CC(=O)NNC(=O)C1CCCCN1S(=O)(=O)c1ccc(Br)cc1. The van der Waals surface area contributed by atoms with Crippen LogP contribution in [0.4, 0.5) is 0 Å². The van der Waals surface area contributed by atoms with Gasteiger partial charge in [-0.05, 0) is 43.0 Å². The molecular formula is C17H24BrN3O4S. The fourth-order valence-electron chi connectivity index (χ4n) is 2.83. The maximum Gasteiger partial charge on any atom is 0.256 e. The van der Waals surface area contributed by atoms with Crippen LogP contribution in [0.2, 0.25) is 0 Å². The average molecular weight is 446 g/mol. The van der Waals surface area contributed by atoms with Crippen LogP contribution >= 0.6 is 15.9 Å². The van der Waals surface area contributed by atoms with Gasteiger partial charge in [0, 0.05) is 17.4 Å². The third kappa shape index (κ3) is 5.28. The van der Waals surface area contributed by atoms with E-state index in [1.807, 2.05) is 13.8 Å². The number of nitrogens with zero attached hydrogens (tertiary/aromatic N) is 1. The molecule has 0 saturated carbocycles. The lowest BCUT2D eigenvalue weighted by Gasteiger charge is -2.33. The van der Waals surface area contributed by atoms with Crippen LogP contribution in [0.1, 0.15) is 39.5 Å². The topological polar surface area (TPSA) is 95.6 Å². The monoisotopic (exact) mass is 445 g/mol. The molecule has 2 amide bonds. The van der Waals surface area contributed by atoms with Crippen molar-refractivity contribution in [1.29, 1.82) is 0 Å². The molecule has 1 unspecified atom stereocenters. The Labute approximate surface area is 162 Å². The highest BCUT2D eigenvalue weighted by Gasteiger charge is 2.37. The van der Waals surface area contributed by atoms with E-state index in [9.17, 15) is 18.0 Å². The summed E-state index contributed by atoms with van der Waals surface area (Å²) in [6.45, 7) is 4.07. The molecule has 1 aromatic rings. The molecule has 2 N–H and O–H groups in total. The Kier molecular flexibility index (Phi) is 7.19. The predicted octanol–water partition coefficient (Wildman–Crippen LogP) is 2.19. The molecule has 1 atom stereocenters. The Morgan fingerprint density at radius 3 is 2.46 bits per heavy atom. The van der Waals surface area contributed by atoms with Crippen LogP contribution in [0.15, 0.2) is 33.6 Å². The molecule has 0 bridgehead atoms. The van der Waals surface area contributed by atoms with Gasteiger partial charge in [0.25, 0.3) is 5.91 Å². The first-order chi connectivity index (χ1) is 12.2. The van der Waals surface area contributed by atoms with Gasteiger partial charge in [-0.3, -0.25) is 20.4 Å². The molecule has 0 aliphatic carbocycles. The van der Waals surface area contributed by atoms with E-state index < -0.39 is 22.0 Å². The van der Waals surface area contributed by atoms with E-state index in [-0.39, 0.29) is 29.7 Å². The molecular weight excluding hydrogens is 422 g/mol. The van der Waals surface area contributed by atoms with E-state index in [0.29, 0.717) is 12.8 Å². The largest absolute Gasteiger partial charge is 0.273 e. The number of halogens is 1. The molecule has 7 nitrogen and oxygen atoms in total. The van der Waals surface area contributed by atoms with Crippen LogP contribution in [0.3, 0.4) is 0 Å². The number of nitrogens with one attached hydrogen (secondary N) is 2. The molecule has 1 aromatic carbocycles. The van der Waals surface area contributed by atoms with E-state index in [1.54, 1.807) is 12.1 Å². The molecule has 0 radical (unpaired) electrons. The Hall–Kier alpha value is -1.45. The molecule has 9 heteroatoms. The zero-order chi connectivity index (χ0) is 19.3. The number of amides is 2. The minimum Gasteiger partial charge on any atom is -0.273 e. The Morgan fingerprint density at radius 2 is 1.85 bits per heavy atom. The van der Waals surface area contributed by atoms with Crippen molar-refractivity contribution in [2.75, 3.05) is 6.54 Å². The number of hydrogen-bond acceptors (Lipinski definition) is 4. The summed E-state index contributed by atoms with van der Waals surface area (Å²) < 4.78 is 27.9. The minimum atomic E-state index is -3.79. The van der Waals surface area contributed by atoms with Gasteiger partial charge in [0.2, 0.25) is 15.9 Å². The second-order valence-electron chi connectivity index (χ2n) is 6.72. The van der Waals surface area contributed by atoms with Crippen molar-refractivity contribution in [3.8, 4) is 0 Å². The van der Waals surface area contributed by atoms with Gasteiger partial charge >= 0.3 is 0 Å². The van der Waals surface area contributed by atoms with E-state index in [1.165, 1.54) is 16.4 Å². The zero-order valence-electron chi connectivity index (χ0n) is 14.9. The molecule has 1 heterocycles. The zero-order valence-corrected chi connectivity index (χ0v) is 17.3. The van der Waals surface area contributed by atoms with Crippen molar-refractivity contribution in [2.24, 2.45) is 5.92 Å². The lowest BCUT2D eigenvalue weighted by Crippen LogP contribution is -2.55. The summed E-state index contributed by atoms with van der Waals surface area (Å²) in [5.41, 5.74) is 4.73. The molecule has 1 aliphatic rings. The molecule has 0 aromatic heterocycles. The van der Waals surface area contributed by atoms with Crippen molar-refractivity contribution in [3.63, 3.8) is 0 Å². The van der Waals surface area contributed by atoms with Gasteiger partial charge in [-0.15, -0.1) is 0 Å². The van der Waals surface area contributed by atoms with Crippen molar-refractivity contribution < 1.29 is 18.0 Å². The first-order valence-corrected chi connectivity index (χ1v) is 10.8. The Bertz CT molecular complexity index is 750. The predicted molar refractivity (Wildman–Crippen MR) is 101 cm³/mol. The molecule has 1 fully saturated rings. The summed E-state index contributed by atoms with van der Waals surface area (Å²) in [5.74, 6) is -0.648. The van der Waals surface area contributed by atoms with Crippen LogP contribution in [-0.4, -0.2) is 37.1 Å². The quantitative estimate of drug-likeness (QED) is 0.678. The number of rotatable bonds is 5. The van der Waals surface area contributed by atoms with Gasteiger partial charge in [-0.25, -0.2) is 8.42 Å². The molecule has 26 heavy (non-hydrogen) atoms. The number of hydrazine groups is 1. The lowest BCUT2D eigenvalue weighted by molar-refractivity contribution is -0.132. The summed E-state index contributed by atoms with van der Waals surface area (Å²) >= 11 is 3.28. The smallest absolute Gasteiger partial charge is 0.256 e. The van der Waals surface area contributed by atoms with Gasteiger partial charge < -0.3 is 0 Å². The van der Waals surface area contributed by atoms with E-state index in [2.05, 4.69) is 26.8 Å². The Morgan fingerprint density at radius 1 is 1.19 bits per heavy atom. The second kappa shape index (κ2) is 8.96. The Balaban J connectivity index is 2.12. The minimum absolute atomic E-state index is 0.143. The van der Waals surface area contributed by atoms with Crippen molar-refractivity contribution >= 4 is 37.8 Å². The first kappa shape index (κ1) is 20.9. The molecule has 0 spiro atoms. The van der Waals surface area contributed by atoms with Gasteiger partial charge in [-0.1, -0.05) is 36.2 Å². The van der Waals surface area contributed by atoms with Crippen LogP contribution < -0.4 is 10.9 Å². The van der Waals surface area contributed by atoms with E-state index >= 15 is 0 Å². The van der Waals surface area contributed by atoms with Crippen LogP contribution in [-0.2, 0) is 19.6 Å². The van der Waals surface area contributed by atoms with Crippen molar-refractivity contribution in [1.82, 2.24) is 15.2 Å². The third-order valence-electron chi connectivity index (χ3n) is 4.10. The standard InChI is InChI=1S/C17H24BrN3O4S/c1-12(2)11-16(22)19-20-17(23)15-5-3-4-10-21(15)26(24,25)14-8-6-13(18)7-9-14/h6-9,12,15H,3-5,10-11H2,1-2H3,(H,19,22)(H,20,23). The second-order valence-corrected chi connectivity index (χ2v) is 9.52. The van der Waals surface area contributed by atoms with E-state index in [4.69, 9.17) is 0 Å². The maximum absolute atomic E-state index is 12.9. The number of benzene rings is 1. The average Bonchev–Trinajstić information content (AvgIpc) is 2.59. The third-order valence-corrected chi connectivity index (χ3v) is 6.55. The number of hydrogen-bond donors (Lipinski definition) is 2. The summed E-state index contributed by atoms with van der Waals surface area (Å²) in [5, 5.41) is 0. The maximum atomic E-state index is 12.9. The van der Waals surface area contributed by atoms with Gasteiger partial charge in [0.05, 0.1) is 4.90 Å². The summed E-state index contributed by atoms with van der Waals surface area (Å²) in [7, 11) is -3.79. The number of carbonyl (C=O) groups excluding carboxylic acids is 2. The first-order valence-electron chi connectivity index (χ1n) is 8.58. The van der Waals surface area contributed by atoms with Gasteiger partial charge in [-0.2, -0.15) is 4.31 Å². The fourth-order valence-corrected chi connectivity index (χ4v) is 4.75. The molecule has 1 saturated heterocycles. The van der Waals surface area contributed by atoms with Crippen LogP contribution in [0, 0.1) is 5.92 Å². The normalized spacial score (nSPS) is 18.5. The van der Waals surface area contributed by atoms with Crippen molar-refractivity contribution in [3.05, 3.63) is 28.7 Å². The highest BCUT2D eigenvalue weighted by molar-refractivity contribution is 9.10. The number of piperidine rings is 1. The summed E-state index contributed by atoms with van der Waals surface area (Å²) in [6, 6.07) is 5.48. The van der Waals surface area contributed by atoms with Crippen LogP contribution in [0.5, 0.6) is 0 Å². The highest BCUT2D eigenvalue weighted by Crippen LogP contribution is 2.26. The van der Waals surface area contributed by atoms with Gasteiger partial charge in [0.15, 0.2) is 0 Å². The van der Waals surface area contributed by atoms with Gasteiger partial charge in [0.1, 0.15) is 6.04 Å². The van der Waals surface area contributed by atoms with Crippen LogP contribution in [0.25, 0.3) is 0 Å². The lowest BCUT2D eigenvalue weighted by atomic mass is 10.0. The molecule has 2 rings (SSSR count). The highest BCUT2D eigenvalue weighted by atomic mass is 79.9. The van der Waals surface area contributed by atoms with E-state index in [0.717, 1.165) is 10.9 Å². The van der Waals surface area contributed by atoms with Crippen molar-refractivity contribution in [2.45, 2.75) is 50.5 Å². The molecule has 144 valence electrons. The molecule has 1 aliphatic heterocycles. The number of sulfonamides is 1. The fraction of sp³-hybridized carbons (Fsp3) is 0.529. The number of carbonyl (C=O) groups is 2.